The molecule has 0 radical (unpaired) electrons. The molecule has 1 aromatic heterocycles. The maximum atomic E-state index is 12.9. The van der Waals surface area contributed by atoms with Crippen molar-refractivity contribution in [2.24, 2.45) is 7.05 Å². The van der Waals surface area contributed by atoms with Gasteiger partial charge in [0.15, 0.2) is 0 Å². The molecular weight excluding hydrogens is 254 g/mol. The molecule has 0 aromatic carbocycles. The zero-order valence-electron chi connectivity index (χ0n) is 11.3. The Morgan fingerprint density at radius 3 is 2.68 bits per heavy atom. The molecule has 6 heteroatoms. The Hall–Kier alpha value is -1.59. The van der Waals surface area contributed by atoms with E-state index in [2.05, 4.69) is 5.10 Å². The van der Waals surface area contributed by atoms with Crippen molar-refractivity contribution in [2.45, 2.75) is 45.0 Å². The van der Waals surface area contributed by atoms with Crippen molar-refractivity contribution in [3.05, 3.63) is 17.5 Å². The van der Waals surface area contributed by atoms with Gasteiger partial charge in [-0.25, -0.2) is 8.78 Å². The first-order valence-electron chi connectivity index (χ1n) is 6.18. The second-order valence-corrected chi connectivity index (χ2v) is 4.75. The minimum absolute atomic E-state index is 0.00102. The van der Waals surface area contributed by atoms with E-state index in [1.807, 2.05) is 6.92 Å². The summed E-state index contributed by atoms with van der Waals surface area (Å²) in [5, 5.41) is 3.64. The van der Waals surface area contributed by atoms with Gasteiger partial charge in [0.25, 0.3) is 6.43 Å². The van der Waals surface area contributed by atoms with Crippen LogP contribution in [0.2, 0.25) is 0 Å². The fourth-order valence-corrected chi connectivity index (χ4v) is 1.94. The second kappa shape index (κ2) is 6.04. The minimum Gasteiger partial charge on any atom is -0.302 e. The zero-order chi connectivity index (χ0) is 14.6. The van der Waals surface area contributed by atoms with Crippen molar-refractivity contribution >= 4 is 12.1 Å². The van der Waals surface area contributed by atoms with Crippen LogP contribution in [0, 0.1) is 0 Å². The minimum atomic E-state index is -2.81. The molecule has 1 aromatic rings. The Labute approximate surface area is 110 Å². The number of halogens is 2. The van der Waals surface area contributed by atoms with E-state index in [4.69, 9.17) is 0 Å². The Balaban J connectivity index is 3.21. The number of carbonyl (C=O) groups excluding carboxylic acids is 2. The van der Waals surface area contributed by atoms with Gasteiger partial charge in [0, 0.05) is 25.2 Å². The summed E-state index contributed by atoms with van der Waals surface area (Å²) in [5.41, 5.74) is -2.04. The summed E-state index contributed by atoms with van der Waals surface area (Å²) in [6.07, 6.45) is 0.577. The highest BCUT2D eigenvalue weighted by molar-refractivity contribution is 6.04. The van der Waals surface area contributed by atoms with Crippen molar-refractivity contribution in [2.75, 3.05) is 0 Å². The van der Waals surface area contributed by atoms with Crippen LogP contribution in [0.1, 0.15) is 50.8 Å². The Morgan fingerprint density at radius 2 is 2.21 bits per heavy atom. The highest BCUT2D eigenvalue weighted by Gasteiger charge is 2.39. The van der Waals surface area contributed by atoms with Gasteiger partial charge < -0.3 is 4.79 Å². The van der Waals surface area contributed by atoms with Crippen LogP contribution >= 0.6 is 0 Å². The lowest BCUT2D eigenvalue weighted by Crippen LogP contribution is -2.35. The van der Waals surface area contributed by atoms with Crippen LogP contribution in [0.25, 0.3) is 0 Å². The molecule has 0 N–H and O–H groups in total. The SMILES string of the molecule is CCCCC(=O)C(C)(C=O)c1cn(C)nc1C(F)F. The first kappa shape index (κ1) is 15.5. The molecule has 106 valence electrons. The third-order valence-electron chi connectivity index (χ3n) is 3.20. The van der Waals surface area contributed by atoms with Crippen LogP contribution in [0.4, 0.5) is 8.78 Å². The van der Waals surface area contributed by atoms with E-state index in [0.29, 0.717) is 12.7 Å². The normalized spacial score (nSPS) is 14.4. The van der Waals surface area contributed by atoms with Crippen molar-refractivity contribution in [1.82, 2.24) is 9.78 Å². The summed E-state index contributed by atoms with van der Waals surface area (Å²) in [6.45, 7) is 3.29. The van der Waals surface area contributed by atoms with Crippen molar-refractivity contribution in [3.63, 3.8) is 0 Å². The number of carbonyl (C=O) groups is 2. The molecule has 4 nitrogen and oxygen atoms in total. The number of alkyl halides is 2. The number of hydrogen-bond donors (Lipinski definition) is 0. The highest BCUT2D eigenvalue weighted by Crippen LogP contribution is 2.32. The predicted molar refractivity (Wildman–Crippen MR) is 66.1 cm³/mol. The molecule has 0 aliphatic carbocycles. The third kappa shape index (κ3) is 3.05. The predicted octanol–water partition coefficient (Wildman–Crippen LogP) is 2.57. The summed E-state index contributed by atoms with van der Waals surface area (Å²) in [4.78, 5) is 23.4. The molecule has 0 fully saturated rings. The monoisotopic (exact) mass is 272 g/mol. The average Bonchev–Trinajstić information content (AvgIpc) is 2.77. The number of unbranched alkanes of at least 4 members (excludes halogenated alkanes) is 1. The molecular formula is C13H18F2N2O2. The zero-order valence-corrected chi connectivity index (χ0v) is 11.3. The summed E-state index contributed by atoms with van der Waals surface area (Å²) in [6, 6.07) is 0. The van der Waals surface area contributed by atoms with Gasteiger partial charge in [-0.2, -0.15) is 5.10 Å². The topological polar surface area (TPSA) is 52.0 Å². The van der Waals surface area contributed by atoms with Gasteiger partial charge in [-0.1, -0.05) is 13.3 Å². The average molecular weight is 272 g/mol. The van der Waals surface area contributed by atoms with Crippen molar-refractivity contribution in [3.8, 4) is 0 Å². The summed E-state index contributed by atoms with van der Waals surface area (Å²) >= 11 is 0. The molecule has 1 rings (SSSR count). The van der Waals surface area contributed by atoms with E-state index >= 15 is 0 Å². The molecule has 1 heterocycles. The maximum Gasteiger partial charge on any atom is 0.282 e. The van der Waals surface area contributed by atoms with E-state index in [9.17, 15) is 18.4 Å². The molecule has 0 aliphatic rings. The Kier molecular flexibility index (Phi) is 4.91. The number of ketones is 1. The van der Waals surface area contributed by atoms with Gasteiger partial charge in [0.05, 0.1) is 0 Å². The molecule has 19 heavy (non-hydrogen) atoms. The molecule has 1 unspecified atom stereocenters. The van der Waals surface area contributed by atoms with E-state index in [1.54, 1.807) is 0 Å². The van der Waals surface area contributed by atoms with Gasteiger partial charge in [0.2, 0.25) is 0 Å². The van der Waals surface area contributed by atoms with E-state index in [1.165, 1.54) is 24.9 Å². The first-order chi connectivity index (χ1) is 8.86. The highest BCUT2D eigenvalue weighted by atomic mass is 19.3. The molecule has 0 bridgehead atoms. The molecule has 0 saturated heterocycles. The fourth-order valence-electron chi connectivity index (χ4n) is 1.94. The van der Waals surface area contributed by atoms with E-state index < -0.39 is 17.5 Å². The first-order valence-corrected chi connectivity index (χ1v) is 6.18. The van der Waals surface area contributed by atoms with Crippen LogP contribution in [-0.4, -0.2) is 21.8 Å². The number of aldehydes is 1. The van der Waals surface area contributed by atoms with Gasteiger partial charge in [0.1, 0.15) is 23.2 Å². The number of rotatable bonds is 7. The molecule has 0 amide bonds. The van der Waals surface area contributed by atoms with Crippen LogP contribution < -0.4 is 0 Å². The van der Waals surface area contributed by atoms with Gasteiger partial charge in [-0.05, 0) is 13.3 Å². The fraction of sp³-hybridized carbons (Fsp3) is 0.615. The molecule has 0 spiro atoms. The standard InChI is InChI=1S/C13H18F2N2O2/c1-4-5-6-10(19)13(2,8-18)9-7-17(3)16-11(9)12(14)15/h7-8,12H,4-6H2,1-3H3. The lowest BCUT2D eigenvalue weighted by molar-refractivity contribution is -0.129. The van der Waals surface area contributed by atoms with Crippen LogP contribution in [-0.2, 0) is 22.1 Å². The lowest BCUT2D eigenvalue weighted by atomic mass is 9.78. The number of nitrogens with zero attached hydrogens (tertiary/aromatic N) is 2. The van der Waals surface area contributed by atoms with E-state index in [0.717, 1.165) is 6.42 Å². The Morgan fingerprint density at radius 1 is 1.58 bits per heavy atom. The van der Waals surface area contributed by atoms with E-state index in [-0.39, 0.29) is 17.8 Å². The quantitative estimate of drug-likeness (QED) is 0.566. The summed E-state index contributed by atoms with van der Waals surface area (Å²) in [7, 11) is 1.48. The van der Waals surface area contributed by atoms with Crippen LogP contribution in [0.15, 0.2) is 6.20 Å². The van der Waals surface area contributed by atoms with Crippen LogP contribution in [0.3, 0.4) is 0 Å². The molecule has 0 saturated carbocycles. The van der Waals surface area contributed by atoms with Gasteiger partial charge in [-0.15, -0.1) is 0 Å². The maximum absolute atomic E-state index is 12.9. The second-order valence-electron chi connectivity index (χ2n) is 4.75. The van der Waals surface area contributed by atoms with Crippen LogP contribution in [0.5, 0.6) is 0 Å². The number of hydrogen-bond acceptors (Lipinski definition) is 3. The molecule has 0 aliphatic heterocycles. The summed E-state index contributed by atoms with van der Waals surface area (Å²) < 4.78 is 27.0. The van der Waals surface area contributed by atoms with Gasteiger partial charge >= 0.3 is 0 Å². The molecule has 1 atom stereocenters. The lowest BCUT2D eigenvalue weighted by Gasteiger charge is -2.21. The summed E-state index contributed by atoms with van der Waals surface area (Å²) in [5.74, 6) is -0.348. The Bertz CT molecular complexity index is 471. The van der Waals surface area contributed by atoms with Crippen molar-refractivity contribution in [1.29, 1.82) is 0 Å². The van der Waals surface area contributed by atoms with Gasteiger partial charge in [-0.3, -0.25) is 9.48 Å². The smallest absolute Gasteiger partial charge is 0.282 e. The third-order valence-corrected chi connectivity index (χ3v) is 3.20. The number of aryl methyl sites for hydroxylation is 1. The number of Topliss-reactive ketones (excluding diaryl/α,β-unsaturated/α-hetero) is 1. The largest absolute Gasteiger partial charge is 0.302 e. The van der Waals surface area contributed by atoms with Crippen molar-refractivity contribution < 1.29 is 18.4 Å². The number of aromatic nitrogens is 2.